The van der Waals surface area contributed by atoms with Gasteiger partial charge in [0, 0.05) is 6.54 Å². The van der Waals surface area contributed by atoms with Crippen LogP contribution in [0.5, 0.6) is 0 Å². The van der Waals surface area contributed by atoms with Crippen LogP contribution in [0.15, 0.2) is 48.8 Å². The van der Waals surface area contributed by atoms with Crippen molar-refractivity contribution in [3.8, 4) is 0 Å². The van der Waals surface area contributed by atoms with Crippen molar-refractivity contribution >= 4 is 5.91 Å². The molecular formula is C17H19N5O. The van der Waals surface area contributed by atoms with Crippen molar-refractivity contribution < 1.29 is 4.79 Å². The first kappa shape index (κ1) is 14.1. The van der Waals surface area contributed by atoms with E-state index >= 15 is 0 Å². The Morgan fingerprint density at radius 1 is 1.26 bits per heavy atom. The lowest BCUT2D eigenvalue weighted by atomic mass is 9.93. The zero-order valence-corrected chi connectivity index (χ0v) is 12.7. The van der Waals surface area contributed by atoms with E-state index in [0.29, 0.717) is 17.8 Å². The molecule has 1 amide bonds. The molecule has 6 nitrogen and oxygen atoms in total. The van der Waals surface area contributed by atoms with E-state index in [1.807, 2.05) is 30.3 Å². The topological polar surface area (TPSA) is 72.7 Å². The molecule has 1 aromatic carbocycles. The summed E-state index contributed by atoms with van der Waals surface area (Å²) in [6.07, 6.45) is 8.54. The minimum Gasteiger partial charge on any atom is -0.354 e. The van der Waals surface area contributed by atoms with Gasteiger partial charge in [-0.05, 0) is 46.6 Å². The maximum Gasteiger partial charge on any atom is 0.249 e. The van der Waals surface area contributed by atoms with Crippen LogP contribution in [0, 0.1) is 17.8 Å². The summed E-state index contributed by atoms with van der Waals surface area (Å²) < 4.78 is 1.51. The molecule has 2 aliphatic carbocycles. The molecule has 2 aliphatic rings. The Kier molecular flexibility index (Phi) is 3.65. The van der Waals surface area contributed by atoms with Crippen molar-refractivity contribution in [2.75, 3.05) is 6.54 Å². The van der Waals surface area contributed by atoms with Crippen LogP contribution in [0.25, 0.3) is 0 Å². The Morgan fingerprint density at radius 3 is 2.78 bits per heavy atom. The first-order valence-electron chi connectivity index (χ1n) is 8.04. The Labute approximate surface area is 134 Å². The van der Waals surface area contributed by atoms with E-state index in [2.05, 4.69) is 33.0 Å². The van der Waals surface area contributed by atoms with E-state index in [1.54, 1.807) is 0 Å². The van der Waals surface area contributed by atoms with Crippen LogP contribution in [0.2, 0.25) is 0 Å². The van der Waals surface area contributed by atoms with Crippen molar-refractivity contribution in [1.29, 1.82) is 0 Å². The summed E-state index contributed by atoms with van der Waals surface area (Å²) in [6.45, 7) is 0.718. The van der Waals surface area contributed by atoms with Crippen LogP contribution in [0.1, 0.15) is 24.4 Å². The predicted molar refractivity (Wildman–Crippen MR) is 84.3 cm³/mol. The highest BCUT2D eigenvalue weighted by Gasteiger charge is 2.36. The highest BCUT2D eigenvalue weighted by molar-refractivity contribution is 5.83. The molecule has 2 aromatic rings. The second-order valence-corrected chi connectivity index (χ2v) is 6.39. The SMILES string of the molecule is O=C(NCC1CC2C=CC1C2)[C@@H](c1ccccc1)n1cnnn1. The van der Waals surface area contributed by atoms with Gasteiger partial charge >= 0.3 is 0 Å². The van der Waals surface area contributed by atoms with Crippen LogP contribution in [-0.4, -0.2) is 32.7 Å². The van der Waals surface area contributed by atoms with Gasteiger partial charge in [0.25, 0.3) is 0 Å². The van der Waals surface area contributed by atoms with Gasteiger partial charge in [-0.15, -0.1) is 5.10 Å². The number of rotatable bonds is 5. The average molecular weight is 309 g/mol. The fourth-order valence-electron chi connectivity index (χ4n) is 3.80. The highest BCUT2D eigenvalue weighted by atomic mass is 16.2. The van der Waals surface area contributed by atoms with Gasteiger partial charge in [-0.2, -0.15) is 0 Å². The van der Waals surface area contributed by atoms with Gasteiger partial charge < -0.3 is 5.32 Å². The van der Waals surface area contributed by atoms with Crippen LogP contribution < -0.4 is 5.32 Å². The van der Waals surface area contributed by atoms with E-state index in [4.69, 9.17) is 0 Å². The molecule has 1 heterocycles. The van der Waals surface area contributed by atoms with Gasteiger partial charge in [0.05, 0.1) is 0 Å². The number of hydrogen-bond donors (Lipinski definition) is 1. The maximum atomic E-state index is 12.8. The maximum absolute atomic E-state index is 12.8. The summed E-state index contributed by atoms with van der Waals surface area (Å²) in [5.74, 6) is 1.84. The Balaban J connectivity index is 1.48. The zero-order chi connectivity index (χ0) is 15.6. The molecule has 1 saturated carbocycles. The average Bonchev–Trinajstić information content (AvgIpc) is 3.32. The van der Waals surface area contributed by atoms with Crippen molar-refractivity contribution in [2.45, 2.75) is 18.9 Å². The lowest BCUT2D eigenvalue weighted by molar-refractivity contribution is -0.123. The number of benzene rings is 1. The van der Waals surface area contributed by atoms with Crippen LogP contribution in [-0.2, 0) is 4.79 Å². The molecule has 1 aromatic heterocycles. The van der Waals surface area contributed by atoms with E-state index in [0.717, 1.165) is 12.1 Å². The van der Waals surface area contributed by atoms with Crippen LogP contribution >= 0.6 is 0 Å². The summed E-state index contributed by atoms with van der Waals surface area (Å²) in [6, 6.07) is 9.08. The highest BCUT2D eigenvalue weighted by Crippen LogP contribution is 2.43. The molecule has 1 N–H and O–H groups in total. The number of allylic oxidation sites excluding steroid dienone is 2. The quantitative estimate of drug-likeness (QED) is 0.851. The molecule has 0 spiro atoms. The number of nitrogens with one attached hydrogen (secondary N) is 1. The number of aromatic nitrogens is 4. The monoisotopic (exact) mass is 309 g/mol. The van der Waals surface area contributed by atoms with Gasteiger partial charge in [-0.3, -0.25) is 4.79 Å². The number of hydrogen-bond acceptors (Lipinski definition) is 4. The van der Waals surface area contributed by atoms with Gasteiger partial charge in [0.15, 0.2) is 6.04 Å². The Hall–Kier alpha value is -2.50. The molecule has 1 fully saturated rings. The van der Waals surface area contributed by atoms with Crippen molar-refractivity contribution in [3.63, 3.8) is 0 Å². The number of tetrazole rings is 1. The molecule has 6 heteroatoms. The first-order valence-corrected chi connectivity index (χ1v) is 8.04. The summed E-state index contributed by atoms with van der Waals surface area (Å²) >= 11 is 0. The standard InChI is InChI=1S/C17H19N5O/c23-17(18-10-15-9-12-6-7-14(15)8-12)16(22-11-19-20-21-22)13-4-2-1-3-5-13/h1-7,11-12,14-16H,8-10H2,(H,18,23)/t12?,14?,15?,16-/m1/s1. The van der Waals surface area contributed by atoms with Crippen LogP contribution in [0.3, 0.4) is 0 Å². The van der Waals surface area contributed by atoms with Gasteiger partial charge in [0.1, 0.15) is 6.33 Å². The molecule has 0 aliphatic heterocycles. The zero-order valence-electron chi connectivity index (χ0n) is 12.7. The molecule has 0 saturated heterocycles. The number of amides is 1. The molecule has 2 bridgehead atoms. The summed E-state index contributed by atoms with van der Waals surface area (Å²) in [5, 5.41) is 14.3. The third kappa shape index (κ3) is 2.76. The molecule has 118 valence electrons. The van der Waals surface area contributed by atoms with E-state index in [1.165, 1.54) is 23.9 Å². The fourth-order valence-corrected chi connectivity index (χ4v) is 3.80. The minimum atomic E-state index is -0.527. The largest absolute Gasteiger partial charge is 0.354 e. The van der Waals surface area contributed by atoms with E-state index < -0.39 is 6.04 Å². The lowest BCUT2D eigenvalue weighted by Crippen LogP contribution is -2.37. The van der Waals surface area contributed by atoms with Crippen molar-refractivity contribution in [2.24, 2.45) is 17.8 Å². The second-order valence-electron chi connectivity index (χ2n) is 6.39. The normalized spacial score (nSPS) is 26.3. The molecule has 4 rings (SSSR count). The summed E-state index contributed by atoms with van der Waals surface area (Å²) in [4.78, 5) is 12.8. The molecule has 23 heavy (non-hydrogen) atoms. The van der Waals surface area contributed by atoms with Crippen LogP contribution in [0.4, 0.5) is 0 Å². The number of fused-ring (bicyclic) bond motifs is 2. The second kappa shape index (κ2) is 5.95. The minimum absolute atomic E-state index is 0.0600. The predicted octanol–water partition coefficient (Wildman–Crippen LogP) is 1.59. The van der Waals surface area contributed by atoms with Crippen molar-refractivity contribution in [1.82, 2.24) is 25.5 Å². The lowest BCUT2D eigenvalue weighted by Gasteiger charge is -2.21. The third-order valence-electron chi connectivity index (χ3n) is 4.95. The van der Waals surface area contributed by atoms with Gasteiger partial charge in [0.2, 0.25) is 5.91 Å². The first-order chi connectivity index (χ1) is 11.3. The molecular weight excluding hydrogens is 290 g/mol. The fraction of sp³-hybridized carbons (Fsp3) is 0.412. The van der Waals surface area contributed by atoms with Crippen molar-refractivity contribution in [3.05, 3.63) is 54.4 Å². The smallest absolute Gasteiger partial charge is 0.249 e. The third-order valence-corrected chi connectivity index (χ3v) is 4.95. The van der Waals surface area contributed by atoms with E-state index in [-0.39, 0.29) is 5.91 Å². The number of carbonyl (C=O) groups is 1. The molecule has 4 atom stereocenters. The number of nitrogens with zero attached hydrogens (tertiary/aromatic N) is 4. The van der Waals surface area contributed by atoms with E-state index in [9.17, 15) is 4.79 Å². The molecule has 0 radical (unpaired) electrons. The summed E-state index contributed by atoms with van der Waals surface area (Å²) in [5.41, 5.74) is 0.880. The Morgan fingerprint density at radius 2 is 2.13 bits per heavy atom. The summed E-state index contributed by atoms with van der Waals surface area (Å²) in [7, 11) is 0. The Bertz CT molecular complexity index is 697. The van der Waals surface area contributed by atoms with Gasteiger partial charge in [-0.1, -0.05) is 42.5 Å². The molecule has 3 unspecified atom stereocenters. The number of carbonyl (C=O) groups excluding carboxylic acids is 1. The van der Waals surface area contributed by atoms with Gasteiger partial charge in [-0.25, -0.2) is 4.68 Å².